The molecule has 0 amide bonds. The smallest absolute Gasteiger partial charge is 0.184 e. The Bertz CT molecular complexity index is 3190. The highest BCUT2D eigenvalue weighted by Crippen LogP contribution is 2.45. The zero-order valence-electron chi connectivity index (χ0n) is 28.7. The summed E-state index contributed by atoms with van der Waals surface area (Å²) in [4.78, 5) is 5.29. The van der Waals surface area contributed by atoms with Gasteiger partial charge in [-0.1, -0.05) is 66.7 Å². The van der Waals surface area contributed by atoms with Crippen LogP contribution in [0.15, 0.2) is 161 Å². The molecule has 0 saturated heterocycles. The number of rotatable bonds is 4. The molecule has 0 fully saturated rings. The van der Waals surface area contributed by atoms with E-state index in [0.29, 0.717) is 11.4 Å². The van der Waals surface area contributed by atoms with E-state index in [1.54, 1.807) is 24.3 Å². The molecule has 0 bridgehead atoms. The van der Waals surface area contributed by atoms with Gasteiger partial charge in [0, 0.05) is 38.2 Å². The Morgan fingerprint density at radius 3 is 2.19 bits per heavy atom. The SMILES string of the molecule is N#Cc1ccc(C2=NC(n3c4ccccc4c4c5c(ccc43)c3c4oc6ccccc6c4ccc3n5-c3ccccc3)NC(c3ccc(F)cc3)N2)cc1. The third-order valence-electron chi connectivity index (χ3n) is 10.7. The van der Waals surface area contributed by atoms with E-state index < -0.39 is 12.5 Å². The van der Waals surface area contributed by atoms with E-state index in [1.807, 2.05) is 30.3 Å². The van der Waals surface area contributed by atoms with Crippen LogP contribution >= 0.6 is 0 Å². The van der Waals surface area contributed by atoms with Gasteiger partial charge >= 0.3 is 0 Å². The number of nitriles is 1. The van der Waals surface area contributed by atoms with Crippen LogP contribution in [-0.2, 0) is 0 Å². The number of hydrogen-bond acceptors (Lipinski definition) is 5. The Morgan fingerprint density at radius 2 is 1.37 bits per heavy atom. The summed E-state index contributed by atoms with van der Waals surface area (Å²) in [6, 6.07) is 52.1. The first-order chi connectivity index (χ1) is 26.6. The van der Waals surface area contributed by atoms with Crippen molar-refractivity contribution < 1.29 is 8.81 Å². The molecule has 11 rings (SSSR count). The van der Waals surface area contributed by atoms with Crippen molar-refractivity contribution in [2.75, 3.05) is 0 Å². The normalized spacial score (nSPS) is 16.0. The van der Waals surface area contributed by atoms with Crippen LogP contribution in [0.2, 0.25) is 0 Å². The van der Waals surface area contributed by atoms with E-state index in [9.17, 15) is 9.65 Å². The molecule has 1 aliphatic rings. The molecule has 8 heteroatoms. The molecule has 10 aromatic rings. The number of fused-ring (bicyclic) bond motifs is 11. The molecule has 1 aliphatic heterocycles. The van der Waals surface area contributed by atoms with Crippen LogP contribution < -0.4 is 10.6 Å². The van der Waals surface area contributed by atoms with Gasteiger partial charge in [0.05, 0.1) is 39.1 Å². The van der Waals surface area contributed by atoms with Crippen LogP contribution in [0.25, 0.3) is 71.2 Å². The van der Waals surface area contributed by atoms with Crippen molar-refractivity contribution in [3.05, 3.63) is 174 Å². The van der Waals surface area contributed by atoms with Crippen molar-refractivity contribution in [2.45, 2.75) is 12.5 Å². The second kappa shape index (κ2) is 11.7. The Balaban J connectivity index is 1.22. The fourth-order valence-electron chi connectivity index (χ4n) is 8.31. The summed E-state index contributed by atoms with van der Waals surface area (Å²) in [5.74, 6) is 0.363. The van der Waals surface area contributed by atoms with E-state index in [1.165, 1.54) is 12.1 Å². The fraction of sp³-hybridized carbons (Fsp3) is 0.0435. The van der Waals surface area contributed by atoms with E-state index in [-0.39, 0.29) is 5.82 Å². The lowest BCUT2D eigenvalue weighted by molar-refractivity contribution is 0.341. The topological polar surface area (TPSA) is 83.2 Å². The van der Waals surface area contributed by atoms with E-state index in [2.05, 4.69) is 111 Å². The number of nitrogens with one attached hydrogen (secondary N) is 2. The molecule has 0 saturated carbocycles. The second-order valence-electron chi connectivity index (χ2n) is 13.7. The predicted octanol–water partition coefficient (Wildman–Crippen LogP) is 10.6. The van der Waals surface area contributed by atoms with E-state index >= 15 is 0 Å². The third kappa shape index (κ3) is 4.46. The zero-order chi connectivity index (χ0) is 35.9. The van der Waals surface area contributed by atoms with Crippen molar-refractivity contribution in [3.63, 3.8) is 0 Å². The van der Waals surface area contributed by atoms with Crippen LogP contribution in [-0.4, -0.2) is 15.0 Å². The van der Waals surface area contributed by atoms with E-state index in [0.717, 1.165) is 82.4 Å². The molecule has 0 radical (unpaired) electrons. The average molecular weight is 701 g/mol. The first-order valence-electron chi connectivity index (χ1n) is 17.9. The number of aromatic nitrogens is 2. The summed E-state index contributed by atoms with van der Waals surface area (Å²) in [7, 11) is 0. The Kier molecular flexibility index (Phi) is 6.56. The molecule has 7 aromatic carbocycles. The number of aliphatic imine (C=N–C) groups is 1. The summed E-state index contributed by atoms with van der Waals surface area (Å²) in [6.45, 7) is 0. The van der Waals surface area contributed by atoms with Gasteiger partial charge in [0.2, 0.25) is 0 Å². The minimum Gasteiger partial charge on any atom is -0.455 e. The van der Waals surface area contributed by atoms with Crippen molar-refractivity contribution in [2.24, 2.45) is 4.99 Å². The lowest BCUT2D eigenvalue weighted by Crippen LogP contribution is -2.46. The number of benzene rings is 7. The van der Waals surface area contributed by atoms with Crippen LogP contribution in [0.1, 0.15) is 29.1 Å². The zero-order valence-corrected chi connectivity index (χ0v) is 28.7. The molecule has 2 atom stereocenters. The number of para-hydroxylation sites is 3. The molecule has 7 nitrogen and oxygen atoms in total. The highest BCUT2D eigenvalue weighted by atomic mass is 19.1. The standard InChI is InChI=1S/C46H29FN6O/c47-30-20-18-29(19-21-30)45-49-44(28-16-14-27(26-48)15-17-28)50-46(51-45)53-36-12-6-4-11-34(36)40-37(53)25-23-35-41-38(52(42(35)40)31-8-2-1-3-9-31)24-22-33-32-10-5-7-13-39(32)54-43(33)41/h1-25,45-46,51H,(H,49,50). The quantitative estimate of drug-likeness (QED) is 0.191. The minimum absolute atomic E-state index is 0.299. The van der Waals surface area contributed by atoms with Crippen LogP contribution in [0.4, 0.5) is 4.39 Å². The van der Waals surface area contributed by atoms with Crippen molar-refractivity contribution in [1.29, 1.82) is 5.26 Å². The van der Waals surface area contributed by atoms with Crippen LogP contribution in [0, 0.1) is 17.1 Å². The maximum Gasteiger partial charge on any atom is 0.184 e. The number of nitrogens with zero attached hydrogens (tertiary/aromatic N) is 4. The van der Waals surface area contributed by atoms with E-state index in [4.69, 9.17) is 9.41 Å². The molecule has 0 aliphatic carbocycles. The van der Waals surface area contributed by atoms with Gasteiger partial charge in [-0.05, 0) is 90.5 Å². The molecule has 3 aromatic heterocycles. The minimum atomic E-state index is -0.552. The maximum atomic E-state index is 14.1. The van der Waals surface area contributed by atoms with Crippen molar-refractivity contribution in [3.8, 4) is 11.8 Å². The van der Waals surface area contributed by atoms with Crippen LogP contribution in [0.3, 0.4) is 0 Å². The van der Waals surface area contributed by atoms with Gasteiger partial charge in [0.15, 0.2) is 6.29 Å². The summed E-state index contributed by atoms with van der Waals surface area (Å²) in [6.07, 6.45) is -0.945. The molecule has 256 valence electrons. The Hall–Kier alpha value is -7.21. The third-order valence-corrected chi connectivity index (χ3v) is 10.7. The fourth-order valence-corrected chi connectivity index (χ4v) is 8.31. The first-order valence-corrected chi connectivity index (χ1v) is 17.9. The predicted molar refractivity (Wildman–Crippen MR) is 213 cm³/mol. The Morgan fingerprint density at radius 1 is 0.648 bits per heavy atom. The number of furan rings is 1. The summed E-state index contributed by atoms with van der Waals surface area (Å²) in [5, 5.41) is 23.3. The molecule has 2 unspecified atom stereocenters. The number of halogens is 1. The van der Waals surface area contributed by atoms with Gasteiger partial charge in [0.1, 0.15) is 29.0 Å². The second-order valence-corrected chi connectivity index (χ2v) is 13.7. The van der Waals surface area contributed by atoms with Crippen LogP contribution in [0.5, 0.6) is 0 Å². The highest BCUT2D eigenvalue weighted by molar-refractivity contribution is 6.30. The summed E-state index contributed by atoms with van der Waals surface area (Å²) >= 11 is 0. The van der Waals surface area contributed by atoms with Crippen molar-refractivity contribution >= 4 is 71.4 Å². The van der Waals surface area contributed by atoms with Gasteiger partial charge < -0.3 is 18.9 Å². The maximum absolute atomic E-state index is 14.1. The lowest BCUT2D eigenvalue weighted by Gasteiger charge is -2.33. The summed E-state index contributed by atoms with van der Waals surface area (Å²) < 4.78 is 25.4. The average Bonchev–Trinajstić information content (AvgIpc) is 3.89. The largest absolute Gasteiger partial charge is 0.455 e. The molecule has 4 heterocycles. The van der Waals surface area contributed by atoms with Gasteiger partial charge in [-0.3, -0.25) is 5.32 Å². The summed E-state index contributed by atoms with van der Waals surface area (Å²) in [5.41, 5.74) is 9.22. The molecule has 0 spiro atoms. The molecular formula is C46H29FN6O. The van der Waals surface area contributed by atoms with Gasteiger partial charge in [0.25, 0.3) is 0 Å². The molecule has 54 heavy (non-hydrogen) atoms. The lowest BCUT2D eigenvalue weighted by atomic mass is 10.1. The molecule has 2 N–H and O–H groups in total. The Labute approximate surface area is 307 Å². The first kappa shape index (κ1) is 30.4. The van der Waals surface area contributed by atoms with Gasteiger partial charge in [-0.15, -0.1) is 0 Å². The molecular weight excluding hydrogens is 672 g/mol. The van der Waals surface area contributed by atoms with Gasteiger partial charge in [-0.25, -0.2) is 9.38 Å². The number of amidine groups is 1. The highest BCUT2D eigenvalue weighted by Gasteiger charge is 2.30. The van der Waals surface area contributed by atoms with Gasteiger partial charge in [-0.2, -0.15) is 5.26 Å². The monoisotopic (exact) mass is 700 g/mol. The number of hydrogen-bond donors (Lipinski definition) is 2. The van der Waals surface area contributed by atoms with Crippen molar-refractivity contribution in [1.82, 2.24) is 19.8 Å².